The topological polar surface area (TPSA) is 46.2 Å². The zero-order chi connectivity index (χ0) is 10.7. The minimum atomic E-state index is -0.449. The number of nitrogens with two attached hydrogens (primary N) is 1. The Morgan fingerprint density at radius 2 is 1.79 bits per heavy atom. The number of benzene rings is 1. The van der Waals surface area contributed by atoms with E-state index in [9.17, 15) is 5.11 Å². The summed E-state index contributed by atoms with van der Waals surface area (Å²) >= 11 is 0. The Morgan fingerprint density at radius 1 is 1.29 bits per heavy atom. The number of rotatable bonds is 3. The summed E-state index contributed by atoms with van der Waals surface area (Å²) in [6, 6.07) is 5.81. The molecule has 0 unspecified atom stereocenters. The van der Waals surface area contributed by atoms with Gasteiger partial charge in [0.1, 0.15) is 0 Å². The van der Waals surface area contributed by atoms with Crippen LogP contribution in [0.15, 0.2) is 18.2 Å². The molecule has 3 N–H and O–H groups in total. The smallest absolute Gasteiger partial charge is 0.0730 e. The summed E-state index contributed by atoms with van der Waals surface area (Å²) in [4.78, 5) is 0. The standard InChI is InChI=1S/C12H19NO/c1-4-10(14)12(13)11-8(2)6-5-7-9(11)3/h5-7,10,12,14H,4,13H2,1-3H3/t10-,12-/m0/s1. The van der Waals surface area contributed by atoms with Crippen molar-refractivity contribution in [3.8, 4) is 0 Å². The highest BCUT2D eigenvalue weighted by Crippen LogP contribution is 2.23. The molecule has 2 heteroatoms. The molecule has 2 atom stereocenters. The van der Waals surface area contributed by atoms with Gasteiger partial charge in [-0.15, -0.1) is 0 Å². The molecule has 1 aromatic carbocycles. The molecular weight excluding hydrogens is 174 g/mol. The van der Waals surface area contributed by atoms with Crippen molar-refractivity contribution in [2.75, 3.05) is 0 Å². The van der Waals surface area contributed by atoms with E-state index in [2.05, 4.69) is 0 Å². The van der Waals surface area contributed by atoms with Gasteiger partial charge >= 0.3 is 0 Å². The fourth-order valence-corrected chi connectivity index (χ4v) is 1.80. The summed E-state index contributed by atoms with van der Waals surface area (Å²) in [5, 5.41) is 9.70. The van der Waals surface area contributed by atoms with Gasteiger partial charge < -0.3 is 10.8 Å². The van der Waals surface area contributed by atoms with Crippen LogP contribution in [0.3, 0.4) is 0 Å². The van der Waals surface area contributed by atoms with Crippen molar-refractivity contribution >= 4 is 0 Å². The van der Waals surface area contributed by atoms with Crippen molar-refractivity contribution in [1.29, 1.82) is 0 Å². The first-order valence-electron chi connectivity index (χ1n) is 5.07. The van der Waals surface area contributed by atoms with Crippen LogP contribution < -0.4 is 5.73 Å². The van der Waals surface area contributed by atoms with Crippen molar-refractivity contribution in [2.45, 2.75) is 39.3 Å². The molecule has 78 valence electrons. The van der Waals surface area contributed by atoms with Crippen molar-refractivity contribution in [3.05, 3.63) is 34.9 Å². The van der Waals surface area contributed by atoms with Crippen molar-refractivity contribution in [2.24, 2.45) is 5.73 Å². The fraction of sp³-hybridized carbons (Fsp3) is 0.500. The summed E-state index contributed by atoms with van der Waals surface area (Å²) < 4.78 is 0. The molecule has 1 rings (SSSR count). The van der Waals surface area contributed by atoms with Gasteiger partial charge in [0.05, 0.1) is 12.1 Å². The van der Waals surface area contributed by atoms with Crippen LogP contribution >= 0.6 is 0 Å². The molecule has 0 fully saturated rings. The molecule has 0 saturated carbocycles. The van der Waals surface area contributed by atoms with E-state index in [0.29, 0.717) is 6.42 Å². The summed E-state index contributed by atoms with van der Waals surface area (Å²) in [5.41, 5.74) is 9.40. The lowest BCUT2D eigenvalue weighted by Crippen LogP contribution is -2.26. The van der Waals surface area contributed by atoms with Crippen LogP contribution in [0.5, 0.6) is 0 Å². The van der Waals surface area contributed by atoms with Gasteiger partial charge in [-0.25, -0.2) is 0 Å². The highest BCUT2D eigenvalue weighted by molar-refractivity contribution is 5.36. The Bertz CT molecular complexity index is 289. The Hall–Kier alpha value is -0.860. The Morgan fingerprint density at radius 3 is 2.21 bits per heavy atom. The first kappa shape index (κ1) is 11.2. The van der Waals surface area contributed by atoms with Crippen LogP contribution in [0.1, 0.15) is 36.1 Å². The van der Waals surface area contributed by atoms with E-state index < -0.39 is 6.10 Å². The van der Waals surface area contributed by atoms with Gasteiger partial charge in [0.25, 0.3) is 0 Å². The predicted molar refractivity (Wildman–Crippen MR) is 59.1 cm³/mol. The number of aliphatic hydroxyl groups excluding tert-OH is 1. The predicted octanol–water partition coefficient (Wildman–Crippen LogP) is 2.07. The molecule has 1 aromatic rings. The molecule has 0 heterocycles. The van der Waals surface area contributed by atoms with Crippen molar-refractivity contribution < 1.29 is 5.11 Å². The van der Waals surface area contributed by atoms with E-state index in [1.54, 1.807) is 0 Å². The minimum Gasteiger partial charge on any atom is -0.391 e. The molecule has 14 heavy (non-hydrogen) atoms. The number of aliphatic hydroxyl groups is 1. The first-order valence-corrected chi connectivity index (χ1v) is 5.07. The molecule has 0 amide bonds. The van der Waals surface area contributed by atoms with Gasteiger partial charge in [0.15, 0.2) is 0 Å². The summed E-state index contributed by atoms with van der Waals surface area (Å²) in [7, 11) is 0. The van der Waals surface area contributed by atoms with Crippen LogP contribution in [0.25, 0.3) is 0 Å². The monoisotopic (exact) mass is 193 g/mol. The van der Waals surface area contributed by atoms with Gasteiger partial charge in [-0.05, 0) is 37.0 Å². The third-order valence-corrected chi connectivity index (χ3v) is 2.71. The van der Waals surface area contributed by atoms with E-state index >= 15 is 0 Å². The van der Waals surface area contributed by atoms with Crippen molar-refractivity contribution in [1.82, 2.24) is 0 Å². The molecule has 0 radical (unpaired) electrons. The normalized spacial score (nSPS) is 15.2. The molecule has 0 aliphatic carbocycles. The molecule has 0 bridgehead atoms. The second-order valence-corrected chi connectivity index (χ2v) is 3.81. The Labute approximate surface area is 85.8 Å². The van der Waals surface area contributed by atoms with Crippen LogP contribution in [0, 0.1) is 13.8 Å². The Balaban J connectivity index is 3.05. The minimum absolute atomic E-state index is 0.263. The largest absolute Gasteiger partial charge is 0.391 e. The zero-order valence-electron chi connectivity index (χ0n) is 9.12. The lowest BCUT2D eigenvalue weighted by Gasteiger charge is -2.21. The van der Waals surface area contributed by atoms with Gasteiger partial charge in [-0.1, -0.05) is 25.1 Å². The molecule has 0 aliphatic rings. The fourth-order valence-electron chi connectivity index (χ4n) is 1.80. The molecule has 0 spiro atoms. The number of aryl methyl sites for hydroxylation is 2. The average molecular weight is 193 g/mol. The maximum atomic E-state index is 9.70. The highest BCUT2D eigenvalue weighted by Gasteiger charge is 2.18. The average Bonchev–Trinajstić information content (AvgIpc) is 2.16. The molecular formula is C12H19NO. The van der Waals surface area contributed by atoms with Crippen LogP contribution in [-0.2, 0) is 0 Å². The highest BCUT2D eigenvalue weighted by atomic mass is 16.3. The van der Waals surface area contributed by atoms with E-state index in [0.717, 1.165) is 16.7 Å². The van der Waals surface area contributed by atoms with Crippen LogP contribution in [-0.4, -0.2) is 11.2 Å². The summed E-state index contributed by atoms with van der Waals surface area (Å²) in [6.07, 6.45) is 0.240. The van der Waals surface area contributed by atoms with E-state index in [1.807, 2.05) is 39.0 Å². The summed E-state index contributed by atoms with van der Waals surface area (Å²) in [6.45, 7) is 6.01. The molecule has 2 nitrogen and oxygen atoms in total. The maximum absolute atomic E-state index is 9.70. The van der Waals surface area contributed by atoms with Gasteiger partial charge in [-0.3, -0.25) is 0 Å². The van der Waals surface area contributed by atoms with Gasteiger partial charge in [-0.2, -0.15) is 0 Å². The van der Waals surface area contributed by atoms with Gasteiger partial charge in [0, 0.05) is 0 Å². The van der Waals surface area contributed by atoms with Crippen molar-refractivity contribution in [3.63, 3.8) is 0 Å². The van der Waals surface area contributed by atoms with Crippen LogP contribution in [0.4, 0.5) is 0 Å². The second-order valence-electron chi connectivity index (χ2n) is 3.81. The van der Waals surface area contributed by atoms with E-state index in [-0.39, 0.29) is 6.04 Å². The second kappa shape index (κ2) is 4.58. The zero-order valence-corrected chi connectivity index (χ0v) is 9.12. The van der Waals surface area contributed by atoms with E-state index in [1.165, 1.54) is 0 Å². The summed E-state index contributed by atoms with van der Waals surface area (Å²) in [5.74, 6) is 0. The molecule has 0 aromatic heterocycles. The third-order valence-electron chi connectivity index (χ3n) is 2.71. The quantitative estimate of drug-likeness (QED) is 0.772. The SMILES string of the molecule is CC[C@H](O)[C@H](N)c1c(C)cccc1C. The third kappa shape index (κ3) is 2.14. The maximum Gasteiger partial charge on any atom is 0.0730 e. The van der Waals surface area contributed by atoms with E-state index in [4.69, 9.17) is 5.73 Å². The lowest BCUT2D eigenvalue weighted by atomic mass is 9.92. The number of hydrogen-bond acceptors (Lipinski definition) is 2. The van der Waals surface area contributed by atoms with Gasteiger partial charge in [0.2, 0.25) is 0 Å². The Kier molecular flexibility index (Phi) is 3.67. The van der Waals surface area contributed by atoms with Crippen LogP contribution in [0.2, 0.25) is 0 Å². The lowest BCUT2D eigenvalue weighted by molar-refractivity contribution is 0.140. The number of hydrogen-bond donors (Lipinski definition) is 2. The first-order chi connectivity index (χ1) is 6.57. The molecule has 0 saturated heterocycles. The molecule has 0 aliphatic heterocycles.